The lowest BCUT2D eigenvalue weighted by Gasteiger charge is -2.34. The second-order valence-electron chi connectivity index (χ2n) is 9.86. The first-order chi connectivity index (χ1) is 19.2. The van der Waals surface area contributed by atoms with E-state index in [1.54, 1.807) is 6.34 Å². The van der Waals surface area contributed by atoms with Crippen molar-refractivity contribution >= 4 is 47.2 Å². The zero-order valence-electron chi connectivity index (χ0n) is 21.3. The average molecular weight is 513 g/mol. The fourth-order valence-electron chi connectivity index (χ4n) is 5.65. The van der Waals surface area contributed by atoms with Gasteiger partial charge in [-0.3, -0.25) is 4.99 Å². The quantitative estimate of drug-likeness (QED) is 0.407. The van der Waals surface area contributed by atoms with Crippen molar-refractivity contribution < 1.29 is 0 Å². The second kappa shape index (κ2) is 8.06. The number of aliphatic imine (C=N–C) groups is 4. The summed E-state index contributed by atoms with van der Waals surface area (Å²) in [5.74, 6) is 3.39. The highest BCUT2D eigenvalue weighted by molar-refractivity contribution is 6.21. The number of hydrogen-bond acceptors (Lipinski definition) is 7. The van der Waals surface area contributed by atoms with Gasteiger partial charge in [-0.2, -0.15) is 0 Å². The standard InChI is InChI=1S/C29H24N10/c1-38-9-3-5-22(38)34-20-13-30-11-18(20)26-16-7-8-17-24(16)25-28(36-26)32-15-33-29(25)37-27(17)19-12-31-14-21(19)35-23-6-4-10-39(23)2/h3-15,25,30,34-35H,1-2H3,(H,32,33,36,37). The zero-order chi connectivity index (χ0) is 26.1. The van der Waals surface area contributed by atoms with Crippen LogP contribution in [0.1, 0.15) is 5.56 Å². The van der Waals surface area contributed by atoms with Crippen LogP contribution in [0.4, 0.5) is 17.3 Å². The number of aromatic amines is 1. The molecule has 0 aromatic carbocycles. The van der Waals surface area contributed by atoms with E-state index in [1.807, 2.05) is 84.7 Å². The number of aromatic nitrogens is 3. The van der Waals surface area contributed by atoms with Gasteiger partial charge in [0.15, 0.2) is 0 Å². The third kappa shape index (κ3) is 3.21. The van der Waals surface area contributed by atoms with Crippen molar-refractivity contribution in [1.29, 1.82) is 0 Å². The third-order valence-electron chi connectivity index (χ3n) is 7.59. The first-order valence-electron chi connectivity index (χ1n) is 12.7. The molecule has 1 aliphatic carbocycles. The van der Waals surface area contributed by atoms with Crippen LogP contribution in [0.15, 0.2) is 121 Å². The van der Waals surface area contributed by atoms with Crippen LogP contribution in [0.2, 0.25) is 0 Å². The van der Waals surface area contributed by atoms with E-state index in [-0.39, 0.29) is 5.92 Å². The summed E-state index contributed by atoms with van der Waals surface area (Å²) in [6, 6.07) is 8.12. The zero-order valence-corrected chi connectivity index (χ0v) is 21.3. The number of nitrogens with one attached hydrogen (secondary N) is 4. The number of H-pyrrole nitrogens is 1. The van der Waals surface area contributed by atoms with Crippen LogP contribution in [0.3, 0.4) is 0 Å². The van der Waals surface area contributed by atoms with Gasteiger partial charge in [-0.25, -0.2) is 15.0 Å². The SMILES string of the molecule is Cn1cccc1NC1=CN=CC1=C1NC2=NC=NC3=NC(c4c[nH]cc4Nc4cccn4C)=C4C=CC1=C4C32. The van der Waals surface area contributed by atoms with E-state index >= 15 is 0 Å². The maximum atomic E-state index is 5.07. The summed E-state index contributed by atoms with van der Waals surface area (Å²) >= 11 is 0. The maximum absolute atomic E-state index is 5.07. The molecule has 4 N–H and O–H groups in total. The molecule has 8 rings (SSSR count). The molecule has 4 aliphatic heterocycles. The molecule has 0 saturated carbocycles. The molecule has 0 amide bonds. The predicted molar refractivity (Wildman–Crippen MR) is 155 cm³/mol. The van der Waals surface area contributed by atoms with Crippen LogP contribution in [-0.2, 0) is 14.1 Å². The summed E-state index contributed by atoms with van der Waals surface area (Å²) in [7, 11) is 4.03. The lowest BCUT2D eigenvalue weighted by molar-refractivity contribution is 0.917. The number of allylic oxidation sites excluding steroid dienone is 4. The highest BCUT2D eigenvalue weighted by Crippen LogP contribution is 2.48. The summed E-state index contributed by atoms with van der Waals surface area (Å²) in [6.45, 7) is 0. The minimum Gasteiger partial charge on any atom is -0.365 e. The average Bonchev–Trinajstić information content (AvgIpc) is 3.77. The van der Waals surface area contributed by atoms with Crippen LogP contribution < -0.4 is 16.0 Å². The van der Waals surface area contributed by atoms with E-state index in [2.05, 4.69) is 48.1 Å². The number of rotatable bonds is 5. The van der Waals surface area contributed by atoms with E-state index in [9.17, 15) is 0 Å². The molecule has 10 heteroatoms. The van der Waals surface area contributed by atoms with Crippen molar-refractivity contribution in [3.05, 3.63) is 107 Å². The van der Waals surface area contributed by atoms with Crippen molar-refractivity contribution in [1.82, 2.24) is 19.4 Å². The Hall–Kier alpha value is -5.38. The van der Waals surface area contributed by atoms with Crippen molar-refractivity contribution in [3.63, 3.8) is 0 Å². The fraction of sp³-hybridized carbons (Fsp3) is 0.103. The van der Waals surface area contributed by atoms with E-state index in [0.29, 0.717) is 0 Å². The molecule has 1 atom stereocenters. The molecule has 3 aromatic rings. The summed E-state index contributed by atoms with van der Waals surface area (Å²) in [4.78, 5) is 22.1. The molecule has 5 aliphatic rings. The number of amidine groups is 2. The van der Waals surface area contributed by atoms with Crippen LogP contribution in [0.5, 0.6) is 0 Å². The van der Waals surface area contributed by atoms with Gasteiger partial charge in [-0.15, -0.1) is 0 Å². The first-order valence-corrected chi connectivity index (χ1v) is 12.7. The number of anilines is 3. The molecule has 39 heavy (non-hydrogen) atoms. The minimum atomic E-state index is -0.141. The van der Waals surface area contributed by atoms with Gasteiger partial charge in [0.2, 0.25) is 0 Å². The molecular formula is C29H24N10. The summed E-state index contributed by atoms with van der Waals surface area (Å²) in [5.41, 5.74) is 9.02. The third-order valence-corrected chi connectivity index (χ3v) is 7.59. The van der Waals surface area contributed by atoms with Crippen LogP contribution >= 0.6 is 0 Å². The lowest BCUT2D eigenvalue weighted by Crippen LogP contribution is -2.44. The van der Waals surface area contributed by atoms with E-state index in [1.165, 1.54) is 0 Å². The van der Waals surface area contributed by atoms with Gasteiger partial charge in [-0.05, 0) is 29.8 Å². The van der Waals surface area contributed by atoms with Crippen LogP contribution in [0.25, 0.3) is 5.70 Å². The first kappa shape index (κ1) is 21.7. The number of nitrogens with zero attached hydrogens (tertiary/aromatic N) is 6. The number of hydrogen-bond donors (Lipinski definition) is 4. The smallest absolute Gasteiger partial charge is 0.145 e. The lowest BCUT2D eigenvalue weighted by atomic mass is 9.81. The summed E-state index contributed by atoms with van der Waals surface area (Å²) < 4.78 is 4.09. The van der Waals surface area contributed by atoms with Gasteiger partial charge in [-0.1, -0.05) is 12.2 Å². The normalized spacial score (nSPS) is 22.2. The molecular weight excluding hydrogens is 488 g/mol. The molecule has 0 spiro atoms. The highest BCUT2D eigenvalue weighted by Gasteiger charge is 2.43. The Bertz CT molecular complexity index is 1850. The van der Waals surface area contributed by atoms with Crippen molar-refractivity contribution in [2.45, 2.75) is 0 Å². The highest BCUT2D eigenvalue weighted by atomic mass is 15.1. The molecule has 3 aromatic heterocycles. The second-order valence-corrected chi connectivity index (χ2v) is 9.86. The Labute approximate surface area is 224 Å². The topological polar surface area (TPSA) is 111 Å². The molecule has 0 saturated heterocycles. The number of aryl methyl sites for hydroxylation is 2. The Kier molecular flexibility index (Phi) is 4.48. The molecule has 190 valence electrons. The van der Waals surface area contributed by atoms with E-state index in [0.717, 1.165) is 73.9 Å². The van der Waals surface area contributed by atoms with Gasteiger partial charge < -0.3 is 30.1 Å². The minimum absolute atomic E-state index is 0.141. The fourth-order valence-corrected chi connectivity index (χ4v) is 5.65. The maximum Gasteiger partial charge on any atom is 0.145 e. The molecule has 10 nitrogen and oxygen atoms in total. The predicted octanol–water partition coefficient (Wildman–Crippen LogP) is 4.38. The molecule has 1 unspecified atom stereocenters. The van der Waals surface area contributed by atoms with Gasteiger partial charge in [0, 0.05) is 67.4 Å². The van der Waals surface area contributed by atoms with Gasteiger partial charge >= 0.3 is 0 Å². The Balaban J connectivity index is 1.27. The molecule has 0 bridgehead atoms. The van der Waals surface area contributed by atoms with Gasteiger partial charge in [0.25, 0.3) is 0 Å². The van der Waals surface area contributed by atoms with Crippen molar-refractivity contribution in [2.24, 2.45) is 40.0 Å². The molecule has 7 heterocycles. The van der Waals surface area contributed by atoms with Crippen LogP contribution in [-0.4, -0.2) is 38.3 Å². The summed E-state index contributed by atoms with van der Waals surface area (Å²) in [5, 5.41) is 10.7. The van der Waals surface area contributed by atoms with E-state index in [4.69, 9.17) is 4.99 Å². The monoisotopic (exact) mass is 512 g/mol. The molecule has 0 fully saturated rings. The van der Waals surface area contributed by atoms with Crippen molar-refractivity contribution in [3.8, 4) is 0 Å². The van der Waals surface area contributed by atoms with Crippen molar-refractivity contribution in [2.75, 3.05) is 10.6 Å². The largest absolute Gasteiger partial charge is 0.365 e. The Morgan fingerprint density at radius 2 is 1.72 bits per heavy atom. The van der Waals surface area contributed by atoms with E-state index < -0.39 is 0 Å². The van der Waals surface area contributed by atoms with Crippen LogP contribution in [0, 0.1) is 5.92 Å². The van der Waals surface area contributed by atoms with Gasteiger partial charge in [0.1, 0.15) is 35.6 Å². The Morgan fingerprint density at radius 1 is 0.923 bits per heavy atom. The van der Waals surface area contributed by atoms with Gasteiger partial charge in [0.05, 0.1) is 29.0 Å². The molecule has 0 radical (unpaired) electrons. The summed E-state index contributed by atoms with van der Waals surface area (Å²) in [6.07, 6.45) is 17.6. The Morgan fingerprint density at radius 3 is 2.51 bits per heavy atom.